The van der Waals surface area contributed by atoms with Crippen LogP contribution < -0.4 is 14.2 Å². The van der Waals surface area contributed by atoms with Gasteiger partial charge in [-0.05, 0) is 68.4 Å². The maximum absolute atomic E-state index is 13.7. The Labute approximate surface area is 207 Å². The first kappa shape index (κ1) is 26.3. The minimum Gasteiger partial charge on any atom is -0.506 e. The number of nitrogens with zero attached hydrogens (tertiary/aromatic N) is 2. The predicted octanol–water partition coefficient (Wildman–Crippen LogP) is 5.82. The molecule has 0 unspecified atom stereocenters. The lowest BCUT2D eigenvalue weighted by atomic mass is 10.0. The summed E-state index contributed by atoms with van der Waals surface area (Å²) in [5, 5.41) is 22.1. The van der Waals surface area contributed by atoms with Crippen LogP contribution in [0, 0.1) is 18.3 Å². The average molecular weight is 506 g/mol. The number of nitriles is 1. The van der Waals surface area contributed by atoms with E-state index < -0.39 is 11.7 Å². The fourth-order valence-corrected chi connectivity index (χ4v) is 3.98. The number of dihydropyridines is 1. The van der Waals surface area contributed by atoms with Crippen molar-refractivity contribution in [2.75, 3.05) is 19.7 Å². The van der Waals surface area contributed by atoms with Gasteiger partial charge < -0.3 is 19.3 Å². The van der Waals surface area contributed by atoms with Crippen LogP contribution in [0.2, 0.25) is 0 Å². The number of phenolic OH excluding ortho intramolecular Hbond substituents is 1. The van der Waals surface area contributed by atoms with Crippen LogP contribution >= 0.6 is 12.2 Å². The molecule has 35 heavy (non-hydrogen) atoms. The van der Waals surface area contributed by atoms with Crippen LogP contribution in [0.15, 0.2) is 48.7 Å². The number of aromatic hydroxyl groups is 1. The van der Waals surface area contributed by atoms with Crippen molar-refractivity contribution in [3.8, 4) is 23.3 Å². The van der Waals surface area contributed by atoms with Gasteiger partial charge in [0.2, 0.25) is 0 Å². The maximum Gasteiger partial charge on any atom is 0.419 e. The van der Waals surface area contributed by atoms with Crippen molar-refractivity contribution in [1.29, 1.82) is 5.26 Å². The molecule has 0 fully saturated rings. The van der Waals surface area contributed by atoms with Gasteiger partial charge in [0.05, 0.1) is 11.1 Å². The topological polar surface area (TPSA) is 77.8 Å². The highest BCUT2D eigenvalue weighted by atomic mass is 32.2. The molecule has 186 valence electrons. The number of ether oxygens (including phenoxy) is 1. The zero-order valence-corrected chi connectivity index (χ0v) is 20.3. The second-order valence-corrected chi connectivity index (χ2v) is 8.83. The summed E-state index contributed by atoms with van der Waals surface area (Å²) < 4.78 is 54.3. The summed E-state index contributed by atoms with van der Waals surface area (Å²) in [5.41, 5.74) is 0.922. The van der Waals surface area contributed by atoms with E-state index in [2.05, 4.69) is 5.32 Å². The number of phenols is 1. The molecule has 1 aliphatic rings. The molecule has 0 amide bonds. The van der Waals surface area contributed by atoms with Crippen LogP contribution in [0.3, 0.4) is 0 Å². The Hall–Kier alpha value is -3.29. The summed E-state index contributed by atoms with van der Waals surface area (Å²) in [6.45, 7) is 6.29. The van der Waals surface area contributed by atoms with Crippen LogP contribution in [0.1, 0.15) is 36.1 Å². The van der Waals surface area contributed by atoms with Gasteiger partial charge in [0.25, 0.3) is 0 Å². The largest absolute Gasteiger partial charge is 0.506 e. The van der Waals surface area contributed by atoms with Crippen molar-refractivity contribution in [3.05, 3.63) is 70.9 Å². The van der Waals surface area contributed by atoms with Crippen LogP contribution in [-0.4, -0.2) is 35.1 Å². The molecule has 3 rings (SSSR count). The van der Waals surface area contributed by atoms with Gasteiger partial charge >= 0.3 is 6.18 Å². The highest BCUT2D eigenvalue weighted by molar-refractivity contribution is 7.92. The van der Waals surface area contributed by atoms with E-state index in [0.29, 0.717) is 29.0 Å². The van der Waals surface area contributed by atoms with Crippen molar-refractivity contribution in [2.45, 2.75) is 33.0 Å². The second-order valence-electron chi connectivity index (χ2n) is 8.05. The van der Waals surface area contributed by atoms with Crippen molar-refractivity contribution in [3.63, 3.8) is 0 Å². The molecule has 1 heterocycles. The van der Waals surface area contributed by atoms with Gasteiger partial charge in [0.15, 0.2) is 0 Å². The lowest BCUT2D eigenvalue weighted by Crippen LogP contribution is -2.29. The van der Waals surface area contributed by atoms with Gasteiger partial charge in [-0.1, -0.05) is 12.1 Å². The summed E-state index contributed by atoms with van der Waals surface area (Å²) in [4.78, 5) is 0. The van der Waals surface area contributed by atoms with Crippen molar-refractivity contribution < 1.29 is 27.2 Å². The quantitative estimate of drug-likeness (QED) is 0.328. The van der Waals surface area contributed by atoms with Gasteiger partial charge in [-0.15, -0.1) is 0 Å². The molecule has 2 aromatic rings. The summed E-state index contributed by atoms with van der Waals surface area (Å²) in [6.07, 6.45) is 0.691. The van der Waals surface area contributed by atoms with E-state index in [4.69, 9.17) is 14.2 Å². The third-order valence-corrected chi connectivity index (χ3v) is 6.36. The predicted molar refractivity (Wildman–Crippen MR) is 130 cm³/mol. The standard InChI is InChI=1S/C25H26F3N3O3S/c1-16(2)31(35-34-22-6-5-20(15-29)24(32)17(22)3)12-13-33-23-7-4-19(14-21(23)25(26,27)28)18-8-10-30-11-9-18/h4-10,14,16,30,32H,11-13H2,1-3H3. The maximum atomic E-state index is 13.7. The monoisotopic (exact) mass is 505 g/mol. The van der Waals surface area contributed by atoms with Gasteiger partial charge in [-0.2, -0.15) is 18.4 Å². The summed E-state index contributed by atoms with van der Waals surface area (Å²) >= 11 is 1.00. The highest BCUT2D eigenvalue weighted by Gasteiger charge is 2.35. The van der Waals surface area contributed by atoms with E-state index in [9.17, 15) is 18.3 Å². The molecular formula is C25H26F3N3O3S. The molecule has 6 nitrogen and oxygen atoms in total. The fraction of sp³-hybridized carbons (Fsp3) is 0.320. The number of halogens is 3. The Morgan fingerprint density at radius 3 is 2.60 bits per heavy atom. The molecule has 2 N–H and O–H groups in total. The Bertz CT molecular complexity index is 1160. The molecular weight excluding hydrogens is 479 g/mol. The Kier molecular flexibility index (Phi) is 8.59. The lowest BCUT2D eigenvalue weighted by Gasteiger charge is -2.24. The third-order valence-electron chi connectivity index (χ3n) is 5.31. The summed E-state index contributed by atoms with van der Waals surface area (Å²) in [5.74, 6) is 0.000398. The molecule has 2 aromatic carbocycles. The average Bonchev–Trinajstić information content (AvgIpc) is 2.83. The number of rotatable bonds is 9. The van der Waals surface area contributed by atoms with Crippen LogP contribution in [0.25, 0.3) is 5.57 Å². The Morgan fingerprint density at radius 1 is 1.23 bits per heavy atom. The Balaban J connectivity index is 1.67. The molecule has 0 aromatic heterocycles. The van der Waals surface area contributed by atoms with Gasteiger partial charge in [-0.3, -0.25) is 0 Å². The fourth-order valence-electron chi connectivity index (χ4n) is 3.30. The smallest absolute Gasteiger partial charge is 0.419 e. The number of hydrogen-bond acceptors (Lipinski definition) is 7. The molecule has 0 saturated carbocycles. The van der Waals surface area contributed by atoms with E-state index in [0.717, 1.165) is 18.3 Å². The first-order chi connectivity index (χ1) is 16.6. The molecule has 0 aliphatic carbocycles. The van der Waals surface area contributed by atoms with Crippen molar-refractivity contribution in [2.24, 2.45) is 0 Å². The van der Waals surface area contributed by atoms with Gasteiger partial charge in [0, 0.05) is 24.7 Å². The molecule has 0 radical (unpaired) electrons. The second kappa shape index (κ2) is 11.4. The van der Waals surface area contributed by atoms with E-state index >= 15 is 0 Å². The molecule has 0 bridgehead atoms. The molecule has 10 heteroatoms. The zero-order valence-electron chi connectivity index (χ0n) is 19.5. The normalized spacial score (nSPS) is 13.4. The number of allylic oxidation sites excluding steroid dienone is 2. The van der Waals surface area contributed by atoms with E-state index in [1.165, 1.54) is 12.1 Å². The molecule has 0 spiro atoms. The van der Waals surface area contributed by atoms with Gasteiger partial charge in [-0.25, -0.2) is 4.31 Å². The lowest BCUT2D eigenvalue weighted by molar-refractivity contribution is -0.139. The van der Waals surface area contributed by atoms with Crippen molar-refractivity contribution >= 4 is 17.8 Å². The minimum atomic E-state index is -4.56. The van der Waals surface area contributed by atoms with Gasteiger partial charge in [0.1, 0.15) is 42.2 Å². The number of alkyl halides is 3. The van der Waals surface area contributed by atoms with Crippen LogP contribution in [0.5, 0.6) is 17.2 Å². The van der Waals surface area contributed by atoms with E-state index in [1.54, 1.807) is 35.6 Å². The molecule has 1 aliphatic heterocycles. The zero-order chi connectivity index (χ0) is 25.6. The molecule has 0 atom stereocenters. The minimum absolute atomic E-state index is 0.00108. The van der Waals surface area contributed by atoms with E-state index in [1.807, 2.05) is 26.0 Å². The third kappa shape index (κ3) is 6.65. The van der Waals surface area contributed by atoms with Crippen LogP contribution in [-0.2, 0) is 6.18 Å². The number of hydrogen-bond donors (Lipinski definition) is 2. The number of benzene rings is 2. The van der Waals surface area contributed by atoms with Crippen molar-refractivity contribution in [1.82, 2.24) is 9.62 Å². The first-order valence-corrected chi connectivity index (χ1v) is 11.6. The number of nitrogens with one attached hydrogen (secondary N) is 1. The molecule has 0 saturated heterocycles. The Morgan fingerprint density at radius 2 is 1.97 bits per heavy atom. The van der Waals surface area contributed by atoms with Crippen LogP contribution in [0.4, 0.5) is 13.2 Å². The SMILES string of the molecule is Cc1c(OSN(CCOc2ccc(C3=CCNC=C3)cc2C(F)(F)F)C(C)C)ccc(C#N)c1O. The summed E-state index contributed by atoms with van der Waals surface area (Å²) in [7, 11) is 0. The van der Waals surface area contributed by atoms with E-state index in [-0.39, 0.29) is 36.3 Å². The highest BCUT2D eigenvalue weighted by Crippen LogP contribution is 2.38. The first-order valence-electron chi connectivity index (χ1n) is 10.9. The summed E-state index contributed by atoms with van der Waals surface area (Å²) in [6, 6.07) is 8.99.